The van der Waals surface area contributed by atoms with Crippen LogP contribution in [0.15, 0.2) is 47.4 Å². The lowest BCUT2D eigenvalue weighted by Gasteiger charge is -2.35. The minimum Gasteiger partial charge on any atom is -0.506 e. The van der Waals surface area contributed by atoms with E-state index in [4.69, 9.17) is 4.74 Å². The monoisotopic (exact) mass is 405 g/mol. The van der Waals surface area contributed by atoms with Gasteiger partial charge in [-0.25, -0.2) is 8.42 Å². The number of methoxy groups -OCH3 is 1. The van der Waals surface area contributed by atoms with Gasteiger partial charge in [0.15, 0.2) is 0 Å². The number of hydrogen-bond donors (Lipinski definition) is 2. The number of para-hydroxylation sites is 2. The average Bonchev–Trinajstić information content (AvgIpc) is 2.68. The highest BCUT2D eigenvalue weighted by Crippen LogP contribution is 2.31. The molecule has 0 bridgehead atoms. The quantitative estimate of drug-likeness (QED) is 0.788. The van der Waals surface area contributed by atoms with E-state index in [1.807, 2.05) is 17.0 Å². The lowest BCUT2D eigenvalue weighted by atomic mass is 10.2. The fourth-order valence-electron chi connectivity index (χ4n) is 3.18. The number of benzene rings is 2. The molecule has 3 rings (SSSR count). The molecular weight excluding hydrogens is 382 g/mol. The van der Waals surface area contributed by atoms with Gasteiger partial charge in [0.2, 0.25) is 15.9 Å². The molecule has 1 aliphatic heterocycles. The first kappa shape index (κ1) is 20.0. The van der Waals surface area contributed by atoms with Gasteiger partial charge in [-0.2, -0.15) is 4.31 Å². The third-order valence-electron chi connectivity index (χ3n) is 4.58. The number of hydrogen-bond acceptors (Lipinski definition) is 6. The number of amides is 1. The second-order valence-electron chi connectivity index (χ2n) is 6.42. The number of anilines is 2. The van der Waals surface area contributed by atoms with Crippen LogP contribution < -0.4 is 15.0 Å². The SMILES string of the molecule is COc1ccc(S(=O)(=O)N2CCN(c3ccccc3O)CC2)cc1NC(C)=O. The molecule has 1 saturated heterocycles. The van der Waals surface area contributed by atoms with Gasteiger partial charge < -0.3 is 20.1 Å². The summed E-state index contributed by atoms with van der Waals surface area (Å²) >= 11 is 0. The molecule has 1 fully saturated rings. The lowest BCUT2D eigenvalue weighted by molar-refractivity contribution is -0.114. The van der Waals surface area contributed by atoms with E-state index in [0.717, 1.165) is 0 Å². The van der Waals surface area contributed by atoms with Crippen LogP contribution in [0.1, 0.15) is 6.92 Å². The van der Waals surface area contributed by atoms with E-state index in [1.54, 1.807) is 12.1 Å². The van der Waals surface area contributed by atoms with E-state index in [9.17, 15) is 18.3 Å². The van der Waals surface area contributed by atoms with Gasteiger partial charge in [0.05, 0.1) is 23.4 Å². The first-order valence-corrected chi connectivity index (χ1v) is 10.3. The third kappa shape index (κ3) is 4.05. The van der Waals surface area contributed by atoms with Crippen LogP contribution in [0.25, 0.3) is 0 Å². The molecule has 0 spiro atoms. The minimum atomic E-state index is -3.72. The van der Waals surface area contributed by atoms with Gasteiger partial charge in [-0.15, -0.1) is 0 Å². The van der Waals surface area contributed by atoms with Gasteiger partial charge in [0, 0.05) is 33.1 Å². The summed E-state index contributed by atoms with van der Waals surface area (Å²) in [6, 6.07) is 11.4. The average molecular weight is 405 g/mol. The number of nitrogens with zero attached hydrogens (tertiary/aromatic N) is 2. The van der Waals surface area contributed by atoms with Crippen molar-refractivity contribution in [2.24, 2.45) is 0 Å². The number of nitrogens with one attached hydrogen (secondary N) is 1. The van der Waals surface area contributed by atoms with E-state index in [1.165, 1.54) is 36.5 Å². The van der Waals surface area contributed by atoms with Gasteiger partial charge in [-0.05, 0) is 30.3 Å². The van der Waals surface area contributed by atoms with Crippen LogP contribution in [-0.2, 0) is 14.8 Å². The molecule has 1 amide bonds. The Bertz CT molecular complexity index is 969. The number of ether oxygens (including phenoxy) is 1. The Morgan fingerprint density at radius 2 is 1.79 bits per heavy atom. The molecule has 8 nitrogen and oxygen atoms in total. The van der Waals surface area contributed by atoms with Gasteiger partial charge in [-0.1, -0.05) is 12.1 Å². The standard InChI is InChI=1S/C19H23N3O5S/c1-14(23)20-16-13-15(7-8-19(16)27-2)28(25,26)22-11-9-21(10-12-22)17-5-3-4-6-18(17)24/h3-8,13,24H,9-12H2,1-2H3,(H,20,23). The summed E-state index contributed by atoms with van der Waals surface area (Å²) in [6.45, 7) is 2.85. The molecule has 150 valence electrons. The second kappa shape index (κ2) is 8.07. The van der Waals surface area contributed by atoms with Crippen molar-refractivity contribution in [3.8, 4) is 11.5 Å². The molecule has 0 saturated carbocycles. The van der Waals surface area contributed by atoms with Crippen LogP contribution in [0.3, 0.4) is 0 Å². The van der Waals surface area contributed by atoms with Crippen molar-refractivity contribution in [2.45, 2.75) is 11.8 Å². The van der Waals surface area contributed by atoms with Gasteiger partial charge in [0.25, 0.3) is 0 Å². The zero-order valence-electron chi connectivity index (χ0n) is 15.8. The summed E-state index contributed by atoms with van der Waals surface area (Å²) in [4.78, 5) is 13.4. The van der Waals surface area contributed by atoms with Gasteiger partial charge in [-0.3, -0.25) is 4.79 Å². The fourth-order valence-corrected chi connectivity index (χ4v) is 4.63. The highest BCUT2D eigenvalue weighted by molar-refractivity contribution is 7.89. The fraction of sp³-hybridized carbons (Fsp3) is 0.316. The number of sulfonamides is 1. The molecule has 2 N–H and O–H groups in total. The number of rotatable bonds is 5. The Morgan fingerprint density at radius 1 is 1.11 bits per heavy atom. The number of aromatic hydroxyl groups is 1. The summed E-state index contributed by atoms with van der Waals surface area (Å²) < 4.78 is 32.7. The highest BCUT2D eigenvalue weighted by atomic mass is 32.2. The number of carbonyl (C=O) groups is 1. The molecule has 2 aromatic carbocycles. The van der Waals surface area contributed by atoms with Crippen LogP contribution in [-0.4, -0.2) is 57.0 Å². The number of piperazine rings is 1. The van der Waals surface area contributed by atoms with Crippen LogP contribution in [0.2, 0.25) is 0 Å². The van der Waals surface area contributed by atoms with E-state index in [2.05, 4.69) is 5.32 Å². The van der Waals surface area contributed by atoms with Crippen molar-refractivity contribution in [1.29, 1.82) is 0 Å². The second-order valence-corrected chi connectivity index (χ2v) is 8.36. The number of carbonyl (C=O) groups excluding carboxylic acids is 1. The molecule has 0 aliphatic carbocycles. The number of phenolic OH excluding ortho intramolecular Hbond substituents is 1. The number of phenols is 1. The van der Waals surface area contributed by atoms with Crippen LogP contribution in [0, 0.1) is 0 Å². The maximum atomic E-state index is 13.0. The first-order chi connectivity index (χ1) is 13.3. The predicted molar refractivity (Wildman–Crippen MR) is 106 cm³/mol. The molecule has 28 heavy (non-hydrogen) atoms. The predicted octanol–water partition coefficient (Wildman–Crippen LogP) is 1.87. The molecule has 9 heteroatoms. The molecule has 0 atom stereocenters. The van der Waals surface area contributed by atoms with Crippen LogP contribution in [0.4, 0.5) is 11.4 Å². The lowest BCUT2D eigenvalue weighted by Crippen LogP contribution is -2.48. The Morgan fingerprint density at radius 3 is 2.39 bits per heavy atom. The van der Waals surface area contributed by atoms with Crippen LogP contribution >= 0.6 is 0 Å². The van der Waals surface area contributed by atoms with Crippen molar-refractivity contribution >= 4 is 27.3 Å². The third-order valence-corrected chi connectivity index (χ3v) is 6.48. The van der Waals surface area contributed by atoms with E-state index in [-0.39, 0.29) is 29.6 Å². The summed E-state index contributed by atoms with van der Waals surface area (Å²) in [5.41, 5.74) is 1.00. The van der Waals surface area contributed by atoms with Crippen LogP contribution in [0.5, 0.6) is 11.5 Å². The summed E-state index contributed by atoms with van der Waals surface area (Å²) in [5, 5.41) is 12.6. The molecule has 1 heterocycles. The maximum Gasteiger partial charge on any atom is 0.243 e. The molecule has 0 unspecified atom stereocenters. The van der Waals surface area contributed by atoms with E-state index >= 15 is 0 Å². The molecular formula is C19H23N3O5S. The zero-order chi connectivity index (χ0) is 20.3. The Labute approximate surface area is 164 Å². The maximum absolute atomic E-state index is 13.0. The van der Waals surface area contributed by atoms with E-state index in [0.29, 0.717) is 30.2 Å². The van der Waals surface area contributed by atoms with Crippen molar-refractivity contribution < 1.29 is 23.1 Å². The molecule has 0 radical (unpaired) electrons. The smallest absolute Gasteiger partial charge is 0.243 e. The topological polar surface area (TPSA) is 99.2 Å². The van der Waals surface area contributed by atoms with Gasteiger partial charge >= 0.3 is 0 Å². The summed E-state index contributed by atoms with van der Waals surface area (Å²) in [7, 11) is -2.27. The Balaban J connectivity index is 1.79. The normalized spacial score (nSPS) is 15.3. The zero-order valence-corrected chi connectivity index (χ0v) is 16.6. The summed E-state index contributed by atoms with van der Waals surface area (Å²) in [5.74, 6) is 0.247. The Hall–Kier alpha value is -2.78. The van der Waals surface area contributed by atoms with E-state index < -0.39 is 10.0 Å². The highest BCUT2D eigenvalue weighted by Gasteiger charge is 2.29. The summed E-state index contributed by atoms with van der Waals surface area (Å²) in [6.07, 6.45) is 0. The first-order valence-electron chi connectivity index (χ1n) is 8.81. The molecule has 1 aliphatic rings. The molecule has 0 aromatic heterocycles. The van der Waals surface area contributed by atoms with Crippen molar-refractivity contribution in [1.82, 2.24) is 4.31 Å². The molecule has 2 aromatic rings. The van der Waals surface area contributed by atoms with Crippen molar-refractivity contribution in [3.05, 3.63) is 42.5 Å². The minimum absolute atomic E-state index is 0.0908. The van der Waals surface area contributed by atoms with Crippen molar-refractivity contribution in [3.63, 3.8) is 0 Å². The largest absolute Gasteiger partial charge is 0.506 e. The van der Waals surface area contributed by atoms with Gasteiger partial charge in [0.1, 0.15) is 11.5 Å². The van der Waals surface area contributed by atoms with Crippen molar-refractivity contribution in [2.75, 3.05) is 43.5 Å². The Kier molecular flexibility index (Phi) is 5.76.